The zero-order valence-electron chi connectivity index (χ0n) is 15.8. The first-order valence-corrected chi connectivity index (χ1v) is 9.52. The molecule has 0 amide bonds. The van der Waals surface area contributed by atoms with Crippen LogP contribution in [0.1, 0.15) is 48.5 Å². The molecule has 1 saturated carbocycles. The maximum atomic E-state index is 14.1. The van der Waals surface area contributed by atoms with Gasteiger partial charge in [-0.1, -0.05) is 11.6 Å². The number of hydrogen-bond donors (Lipinski definition) is 1. The maximum absolute atomic E-state index is 14.1. The van der Waals surface area contributed by atoms with Crippen molar-refractivity contribution in [2.45, 2.75) is 38.2 Å². The molecule has 7 nitrogen and oxygen atoms in total. The van der Waals surface area contributed by atoms with Crippen LogP contribution < -0.4 is 10.3 Å². The molecule has 0 spiro atoms. The fraction of sp³-hybridized carbons (Fsp3) is 0.300. The van der Waals surface area contributed by atoms with Crippen LogP contribution in [0.3, 0.4) is 0 Å². The lowest BCUT2D eigenvalue weighted by Crippen LogP contribution is -2.27. The number of nitrogens with zero attached hydrogens (tertiary/aromatic N) is 4. The second-order valence-corrected chi connectivity index (χ2v) is 7.64. The molecule has 0 unspecified atom stereocenters. The maximum Gasteiger partial charge on any atom is 0.297 e. The molecule has 0 atom stereocenters. The smallest absolute Gasteiger partial charge is 0.297 e. The van der Waals surface area contributed by atoms with Gasteiger partial charge in [-0.05, 0) is 31.0 Å². The third-order valence-electron chi connectivity index (χ3n) is 4.59. The lowest BCUT2D eigenvalue weighted by molar-refractivity contribution is 0.0101. The van der Waals surface area contributed by atoms with Gasteiger partial charge in [-0.25, -0.2) is 9.97 Å². The number of aromatic amines is 1. The van der Waals surface area contributed by atoms with Gasteiger partial charge in [0, 0.05) is 17.9 Å². The topological polar surface area (TPSA) is 96.6 Å². The number of aromatic nitrogens is 4. The van der Waals surface area contributed by atoms with Crippen molar-refractivity contribution in [2.24, 2.45) is 0 Å². The van der Waals surface area contributed by atoms with Crippen LogP contribution in [-0.4, -0.2) is 19.5 Å². The summed E-state index contributed by atoms with van der Waals surface area (Å²) in [6.07, 6.45) is 4.80. The molecule has 2 aromatic heterocycles. The summed E-state index contributed by atoms with van der Waals surface area (Å²) in [5.41, 5.74) is -0.776. The van der Waals surface area contributed by atoms with Crippen molar-refractivity contribution in [1.29, 1.82) is 5.26 Å². The highest BCUT2D eigenvalue weighted by Crippen LogP contribution is 2.38. The number of nitriles is 1. The summed E-state index contributed by atoms with van der Waals surface area (Å²) < 4.78 is 34.8. The zero-order valence-corrected chi connectivity index (χ0v) is 16.6. The first-order valence-electron chi connectivity index (χ1n) is 9.14. The zero-order chi connectivity index (χ0) is 21.5. The molecule has 1 aromatic carbocycles. The van der Waals surface area contributed by atoms with Crippen LogP contribution in [0.15, 0.2) is 35.5 Å². The van der Waals surface area contributed by atoms with E-state index in [9.17, 15) is 13.6 Å². The Morgan fingerprint density at radius 3 is 2.80 bits per heavy atom. The predicted molar refractivity (Wildman–Crippen MR) is 104 cm³/mol. The minimum absolute atomic E-state index is 0.0150. The molecule has 3 aromatic rings. The summed E-state index contributed by atoms with van der Waals surface area (Å²) in [6.45, 7) is 0.692. The van der Waals surface area contributed by atoms with E-state index in [0.717, 1.165) is 29.6 Å². The minimum atomic E-state index is -3.42. The van der Waals surface area contributed by atoms with Crippen molar-refractivity contribution >= 4 is 11.6 Å². The van der Waals surface area contributed by atoms with Crippen LogP contribution >= 0.6 is 11.6 Å². The number of H-pyrrole nitrogens is 1. The van der Waals surface area contributed by atoms with Crippen molar-refractivity contribution in [1.82, 2.24) is 19.5 Å². The molecule has 2 heterocycles. The SMILES string of the molecule is CC(F)(F)c1ncn(Cc2cnc(C3CC3)[nH]2)c(=O)c1Oc1cc(Cl)cc(C#N)c1. The predicted octanol–water partition coefficient (Wildman–Crippen LogP) is 4.32. The lowest BCUT2D eigenvalue weighted by Gasteiger charge is -2.16. The van der Waals surface area contributed by atoms with Crippen LogP contribution in [0.25, 0.3) is 0 Å². The van der Waals surface area contributed by atoms with E-state index in [1.54, 1.807) is 6.20 Å². The quantitative estimate of drug-likeness (QED) is 0.626. The lowest BCUT2D eigenvalue weighted by atomic mass is 10.2. The van der Waals surface area contributed by atoms with Gasteiger partial charge in [0.2, 0.25) is 5.75 Å². The van der Waals surface area contributed by atoms with Gasteiger partial charge in [0.15, 0.2) is 5.69 Å². The van der Waals surface area contributed by atoms with Crippen LogP contribution in [0.2, 0.25) is 5.02 Å². The molecule has 154 valence electrons. The Balaban J connectivity index is 1.72. The van der Waals surface area contributed by atoms with Crippen molar-refractivity contribution in [3.05, 3.63) is 68.9 Å². The van der Waals surface area contributed by atoms with Gasteiger partial charge in [-0.2, -0.15) is 14.0 Å². The van der Waals surface area contributed by atoms with Crippen molar-refractivity contribution < 1.29 is 13.5 Å². The fourth-order valence-corrected chi connectivity index (χ4v) is 3.22. The number of benzene rings is 1. The Kier molecular flexibility index (Phi) is 5.03. The average molecular weight is 432 g/mol. The van der Waals surface area contributed by atoms with E-state index >= 15 is 0 Å². The van der Waals surface area contributed by atoms with Crippen LogP contribution in [0.5, 0.6) is 11.5 Å². The number of ether oxygens (including phenoxy) is 1. The van der Waals surface area contributed by atoms with Crippen LogP contribution in [0, 0.1) is 11.3 Å². The molecule has 0 radical (unpaired) electrons. The molecule has 30 heavy (non-hydrogen) atoms. The van der Waals surface area contributed by atoms with E-state index in [4.69, 9.17) is 21.6 Å². The summed E-state index contributed by atoms with van der Waals surface area (Å²) in [6, 6.07) is 5.91. The van der Waals surface area contributed by atoms with Gasteiger partial charge in [0.05, 0.1) is 36.4 Å². The highest BCUT2D eigenvalue weighted by molar-refractivity contribution is 6.30. The average Bonchev–Trinajstić information content (AvgIpc) is 3.42. The van der Waals surface area contributed by atoms with E-state index in [1.807, 2.05) is 6.07 Å². The van der Waals surface area contributed by atoms with Gasteiger partial charge in [0.1, 0.15) is 11.6 Å². The number of nitrogens with one attached hydrogen (secondary N) is 1. The number of rotatable bonds is 6. The molecule has 10 heteroatoms. The number of hydrogen-bond acceptors (Lipinski definition) is 5. The molecular weight excluding hydrogens is 416 g/mol. The second kappa shape index (κ2) is 7.54. The molecule has 1 aliphatic rings. The van der Waals surface area contributed by atoms with Gasteiger partial charge >= 0.3 is 0 Å². The van der Waals surface area contributed by atoms with E-state index in [-0.39, 0.29) is 22.9 Å². The Morgan fingerprint density at radius 2 is 2.13 bits per heavy atom. The van der Waals surface area contributed by atoms with Gasteiger partial charge < -0.3 is 9.72 Å². The van der Waals surface area contributed by atoms with Crippen LogP contribution in [-0.2, 0) is 12.5 Å². The second-order valence-electron chi connectivity index (χ2n) is 7.20. The van der Waals surface area contributed by atoms with E-state index < -0.39 is 22.9 Å². The summed E-state index contributed by atoms with van der Waals surface area (Å²) in [7, 11) is 0. The number of alkyl halides is 2. The molecule has 0 bridgehead atoms. The third-order valence-corrected chi connectivity index (χ3v) is 4.80. The van der Waals surface area contributed by atoms with E-state index in [1.165, 1.54) is 18.2 Å². The largest absolute Gasteiger partial charge is 0.449 e. The molecule has 1 N–H and O–H groups in total. The van der Waals surface area contributed by atoms with Crippen molar-refractivity contribution in [3.8, 4) is 17.6 Å². The van der Waals surface area contributed by atoms with E-state index in [0.29, 0.717) is 18.5 Å². The van der Waals surface area contributed by atoms with Crippen molar-refractivity contribution in [2.75, 3.05) is 0 Å². The van der Waals surface area contributed by atoms with Gasteiger partial charge in [-0.15, -0.1) is 0 Å². The molecule has 1 fully saturated rings. The monoisotopic (exact) mass is 431 g/mol. The first kappa shape index (κ1) is 20.0. The molecule has 0 aliphatic heterocycles. The molecule has 4 rings (SSSR count). The third kappa shape index (κ3) is 4.19. The summed E-state index contributed by atoms with van der Waals surface area (Å²) in [4.78, 5) is 24.2. The van der Waals surface area contributed by atoms with E-state index in [2.05, 4.69) is 15.0 Å². The van der Waals surface area contributed by atoms with Crippen molar-refractivity contribution in [3.63, 3.8) is 0 Å². The Hall–Kier alpha value is -3.25. The first-order chi connectivity index (χ1) is 14.2. The summed E-state index contributed by atoms with van der Waals surface area (Å²) >= 11 is 5.95. The highest BCUT2D eigenvalue weighted by atomic mass is 35.5. The number of imidazole rings is 1. The molecule has 0 saturated heterocycles. The summed E-state index contributed by atoms with van der Waals surface area (Å²) in [5.74, 6) is -2.80. The van der Waals surface area contributed by atoms with Gasteiger partial charge in [0.25, 0.3) is 11.5 Å². The van der Waals surface area contributed by atoms with Crippen LogP contribution in [0.4, 0.5) is 8.78 Å². The van der Waals surface area contributed by atoms with Gasteiger partial charge in [-0.3, -0.25) is 9.36 Å². The number of halogens is 3. The standard InChI is InChI=1S/C20H16ClF2N5O2/c1-20(22,23)17-16(30-15-5-11(7-24)4-13(21)6-15)19(29)28(10-26-17)9-14-8-25-18(27-14)12-2-3-12/h4-6,8,10,12H,2-3,9H2,1H3,(H,25,27). The summed E-state index contributed by atoms with van der Waals surface area (Å²) in [5, 5.41) is 9.24. The Morgan fingerprint density at radius 1 is 1.37 bits per heavy atom. The highest BCUT2D eigenvalue weighted by Gasteiger charge is 2.33. The fourth-order valence-electron chi connectivity index (χ4n) is 3.00. The molecular formula is C20H16ClF2N5O2. The molecule has 1 aliphatic carbocycles. The minimum Gasteiger partial charge on any atom is -0.449 e. The Labute approximate surface area is 174 Å². The normalized spacial score (nSPS) is 13.8. The Bertz CT molecular complexity index is 1210.